The first-order valence-corrected chi connectivity index (χ1v) is 3.79. The van der Waals surface area contributed by atoms with Crippen molar-refractivity contribution in [3.63, 3.8) is 0 Å². The lowest BCUT2D eigenvalue weighted by atomic mass is 9.99. The zero-order valence-electron chi connectivity index (χ0n) is 6.15. The molecule has 0 unspecified atom stereocenters. The molecule has 0 radical (unpaired) electrons. The molecule has 1 nitrogen and oxygen atoms in total. The molecule has 0 spiro atoms. The third-order valence-electron chi connectivity index (χ3n) is 2.73. The molecule has 1 saturated heterocycles. The van der Waals surface area contributed by atoms with E-state index in [1.165, 1.54) is 0 Å². The van der Waals surface area contributed by atoms with Crippen molar-refractivity contribution in [2.75, 3.05) is 13.1 Å². The Morgan fingerprint density at radius 2 is 2.00 bits per heavy atom. The second kappa shape index (κ2) is 2.87. The van der Waals surface area contributed by atoms with Gasteiger partial charge in [-0.3, -0.25) is 0 Å². The van der Waals surface area contributed by atoms with E-state index in [4.69, 9.17) is 0 Å². The van der Waals surface area contributed by atoms with Crippen LogP contribution in [0, 0.1) is 11.8 Å². The first-order chi connectivity index (χ1) is 4.70. The maximum atomic E-state index is 12.9. The summed E-state index contributed by atoms with van der Waals surface area (Å²) in [7, 11) is 0. The fraction of sp³-hybridized carbons (Fsp3) is 1.00. The van der Waals surface area contributed by atoms with Crippen LogP contribution in [0.15, 0.2) is 0 Å². The minimum Gasteiger partial charge on any atom is -0.316 e. The SMILES string of the molecule is Cl.FC1(F)CC[C@@H]2CNC[C@H]21. The molecule has 2 atom stereocenters. The van der Waals surface area contributed by atoms with Crippen molar-refractivity contribution < 1.29 is 8.78 Å². The third kappa shape index (κ3) is 1.36. The molecule has 0 bridgehead atoms. The first-order valence-electron chi connectivity index (χ1n) is 3.79. The minimum atomic E-state index is -2.37. The van der Waals surface area contributed by atoms with Gasteiger partial charge in [0.1, 0.15) is 0 Å². The number of hydrogen-bond acceptors (Lipinski definition) is 1. The molecule has 1 aliphatic heterocycles. The van der Waals surface area contributed by atoms with Gasteiger partial charge in [-0.05, 0) is 18.9 Å². The molecule has 2 fully saturated rings. The lowest BCUT2D eigenvalue weighted by Gasteiger charge is -2.15. The lowest BCUT2D eigenvalue weighted by molar-refractivity contribution is -0.0358. The van der Waals surface area contributed by atoms with Gasteiger partial charge < -0.3 is 5.32 Å². The molecule has 0 amide bonds. The Kier molecular flexibility index (Phi) is 2.40. The Labute approximate surface area is 71.0 Å². The van der Waals surface area contributed by atoms with E-state index in [-0.39, 0.29) is 30.7 Å². The van der Waals surface area contributed by atoms with Crippen molar-refractivity contribution in [2.45, 2.75) is 18.8 Å². The molecule has 1 aliphatic carbocycles. The summed E-state index contributed by atoms with van der Waals surface area (Å²) >= 11 is 0. The van der Waals surface area contributed by atoms with E-state index in [1.54, 1.807) is 0 Å². The van der Waals surface area contributed by atoms with Crippen LogP contribution in [0.2, 0.25) is 0 Å². The van der Waals surface area contributed by atoms with Gasteiger partial charge in [-0.1, -0.05) is 0 Å². The molecular weight excluding hydrogens is 172 g/mol. The lowest BCUT2D eigenvalue weighted by Crippen LogP contribution is -2.26. The summed E-state index contributed by atoms with van der Waals surface area (Å²) in [6.45, 7) is 1.33. The highest BCUT2D eigenvalue weighted by Crippen LogP contribution is 2.45. The summed E-state index contributed by atoms with van der Waals surface area (Å²) in [5.41, 5.74) is 0. The molecular formula is C7H12ClF2N. The second-order valence-electron chi connectivity index (χ2n) is 3.32. The minimum absolute atomic E-state index is 0. The molecule has 0 aromatic rings. The molecule has 1 heterocycles. The zero-order chi connectivity index (χ0) is 7.19. The van der Waals surface area contributed by atoms with Crippen LogP contribution in [-0.4, -0.2) is 19.0 Å². The van der Waals surface area contributed by atoms with Gasteiger partial charge in [0.15, 0.2) is 0 Å². The van der Waals surface area contributed by atoms with Crippen molar-refractivity contribution in [1.82, 2.24) is 5.32 Å². The maximum Gasteiger partial charge on any atom is 0.252 e. The van der Waals surface area contributed by atoms with E-state index < -0.39 is 5.92 Å². The van der Waals surface area contributed by atoms with Gasteiger partial charge in [-0.25, -0.2) is 8.78 Å². The average Bonchev–Trinajstić information content (AvgIpc) is 2.36. The average molecular weight is 184 g/mol. The first kappa shape index (κ1) is 9.20. The van der Waals surface area contributed by atoms with Gasteiger partial charge in [0, 0.05) is 18.9 Å². The van der Waals surface area contributed by atoms with E-state index in [9.17, 15) is 8.78 Å². The smallest absolute Gasteiger partial charge is 0.252 e. The topological polar surface area (TPSA) is 12.0 Å². The molecule has 4 heteroatoms. The Balaban J connectivity index is 0.000000605. The van der Waals surface area contributed by atoms with Crippen molar-refractivity contribution in [3.05, 3.63) is 0 Å². The van der Waals surface area contributed by atoms with Crippen LogP contribution in [0.3, 0.4) is 0 Å². The van der Waals surface area contributed by atoms with Gasteiger partial charge in [0.05, 0.1) is 0 Å². The fourth-order valence-electron chi connectivity index (χ4n) is 2.09. The van der Waals surface area contributed by atoms with Gasteiger partial charge in [-0.2, -0.15) is 0 Å². The van der Waals surface area contributed by atoms with E-state index in [1.807, 2.05) is 0 Å². The van der Waals surface area contributed by atoms with Crippen molar-refractivity contribution in [1.29, 1.82) is 0 Å². The predicted molar refractivity (Wildman–Crippen MR) is 41.3 cm³/mol. The number of fused-ring (bicyclic) bond motifs is 1. The maximum absolute atomic E-state index is 12.9. The highest BCUT2D eigenvalue weighted by Gasteiger charge is 2.51. The predicted octanol–water partition coefficient (Wildman–Crippen LogP) is 1.67. The molecule has 1 saturated carbocycles. The van der Waals surface area contributed by atoms with Gasteiger partial charge in [-0.15, -0.1) is 12.4 Å². The molecule has 11 heavy (non-hydrogen) atoms. The van der Waals surface area contributed by atoms with E-state index in [2.05, 4.69) is 5.32 Å². The monoisotopic (exact) mass is 183 g/mol. The number of alkyl halides is 2. The van der Waals surface area contributed by atoms with Crippen LogP contribution < -0.4 is 5.32 Å². The number of hydrogen-bond donors (Lipinski definition) is 1. The summed E-state index contributed by atoms with van der Waals surface area (Å²) in [5.74, 6) is -2.46. The van der Waals surface area contributed by atoms with Gasteiger partial charge >= 0.3 is 0 Å². The van der Waals surface area contributed by atoms with Crippen LogP contribution in [0.1, 0.15) is 12.8 Å². The summed E-state index contributed by atoms with van der Waals surface area (Å²) in [6, 6.07) is 0. The van der Waals surface area contributed by atoms with Crippen LogP contribution in [0.5, 0.6) is 0 Å². The summed E-state index contributed by atoms with van der Waals surface area (Å²) in [6.07, 6.45) is 0.828. The normalized spacial score (nSPS) is 39.8. The summed E-state index contributed by atoms with van der Waals surface area (Å²) in [5, 5.41) is 3.00. The Hall–Kier alpha value is 0.110. The quantitative estimate of drug-likeness (QED) is 0.603. The zero-order valence-corrected chi connectivity index (χ0v) is 6.96. The van der Waals surface area contributed by atoms with Gasteiger partial charge in [0.2, 0.25) is 0 Å². The van der Waals surface area contributed by atoms with Crippen LogP contribution in [0.25, 0.3) is 0 Å². The second-order valence-corrected chi connectivity index (χ2v) is 3.32. The van der Waals surface area contributed by atoms with Crippen molar-refractivity contribution in [2.24, 2.45) is 11.8 Å². The van der Waals surface area contributed by atoms with E-state index in [0.717, 1.165) is 6.54 Å². The van der Waals surface area contributed by atoms with Crippen molar-refractivity contribution in [3.8, 4) is 0 Å². The standard InChI is InChI=1S/C7H11F2N.ClH/c8-7(9)2-1-5-3-10-4-6(5)7;/h5-6,10H,1-4H2;1H/t5-,6-;/m1./s1. The number of halogens is 3. The molecule has 66 valence electrons. The molecule has 2 rings (SSSR count). The number of rotatable bonds is 0. The van der Waals surface area contributed by atoms with Crippen LogP contribution in [0.4, 0.5) is 8.78 Å². The highest BCUT2D eigenvalue weighted by atomic mass is 35.5. The molecule has 0 aromatic heterocycles. The van der Waals surface area contributed by atoms with Crippen LogP contribution in [-0.2, 0) is 0 Å². The third-order valence-corrected chi connectivity index (χ3v) is 2.73. The van der Waals surface area contributed by atoms with E-state index >= 15 is 0 Å². The highest BCUT2D eigenvalue weighted by molar-refractivity contribution is 5.85. The largest absolute Gasteiger partial charge is 0.316 e. The molecule has 2 aliphatic rings. The van der Waals surface area contributed by atoms with Crippen LogP contribution >= 0.6 is 12.4 Å². The molecule has 1 N–H and O–H groups in total. The summed E-state index contributed by atoms with van der Waals surface area (Å²) in [4.78, 5) is 0. The van der Waals surface area contributed by atoms with Gasteiger partial charge in [0.25, 0.3) is 5.92 Å². The summed E-state index contributed by atoms with van der Waals surface area (Å²) < 4.78 is 25.7. The Morgan fingerprint density at radius 1 is 1.27 bits per heavy atom. The molecule has 0 aromatic carbocycles. The van der Waals surface area contributed by atoms with Crippen molar-refractivity contribution >= 4 is 12.4 Å². The Bertz CT molecular complexity index is 151. The Morgan fingerprint density at radius 3 is 2.64 bits per heavy atom. The number of nitrogens with one attached hydrogen (secondary N) is 1. The fourth-order valence-corrected chi connectivity index (χ4v) is 2.09. The van der Waals surface area contributed by atoms with E-state index in [0.29, 0.717) is 13.0 Å².